The van der Waals surface area contributed by atoms with Gasteiger partial charge in [-0.3, -0.25) is 9.36 Å². The SMILES string of the molecule is CC(C)[C@H](NC(=O)[C@@H]1CCCN1)P(=O)(O)O. The molecule has 0 unspecified atom stereocenters. The average molecular weight is 250 g/mol. The van der Waals surface area contributed by atoms with Crippen molar-refractivity contribution in [2.45, 2.75) is 38.5 Å². The van der Waals surface area contributed by atoms with E-state index in [9.17, 15) is 9.36 Å². The molecule has 0 bridgehead atoms. The van der Waals surface area contributed by atoms with Crippen LogP contribution in [0.25, 0.3) is 0 Å². The maximum Gasteiger partial charge on any atom is 0.347 e. The van der Waals surface area contributed by atoms with Crippen LogP contribution in [0.5, 0.6) is 0 Å². The number of amides is 1. The Morgan fingerprint density at radius 1 is 1.50 bits per heavy atom. The molecule has 6 nitrogen and oxygen atoms in total. The lowest BCUT2D eigenvalue weighted by atomic mass is 10.2. The van der Waals surface area contributed by atoms with Gasteiger partial charge in [0.15, 0.2) is 0 Å². The summed E-state index contributed by atoms with van der Waals surface area (Å²) in [5, 5.41) is 5.42. The third-order valence-corrected chi connectivity index (χ3v) is 4.11. The van der Waals surface area contributed by atoms with Crippen LogP contribution in [0.2, 0.25) is 0 Å². The van der Waals surface area contributed by atoms with E-state index in [0.29, 0.717) is 0 Å². The highest BCUT2D eigenvalue weighted by Crippen LogP contribution is 2.43. The van der Waals surface area contributed by atoms with Gasteiger partial charge in [-0.1, -0.05) is 13.8 Å². The Labute approximate surface area is 95.0 Å². The fourth-order valence-electron chi connectivity index (χ4n) is 1.79. The molecule has 0 radical (unpaired) electrons. The minimum atomic E-state index is -4.29. The highest BCUT2D eigenvalue weighted by Gasteiger charge is 2.35. The Hall–Kier alpha value is -0.420. The number of rotatable bonds is 4. The summed E-state index contributed by atoms with van der Waals surface area (Å²) in [7, 11) is -4.29. The Balaban J connectivity index is 2.61. The van der Waals surface area contributed by atoms with Crippen molar-refractivity contribution in [3.05, 3.63) is 0 Å². The molecule has 94 valence electrons. The molecule has 7 heteroatoms. The first-order valence-electron chi connectivity index (χ1n) is 5.41. The number of carbonyl (C=O) groups excluding carboxylic acids is 1. The standard InChI is InChI=1S/C9H19N2O4P/c1-6(2)9(16(13,14)15)11-8(12)7-4-3-5-10-7/h6-7,9-10H,3-5H2,1-2H3,(H,11,12)(H2,13,14,15)/t7-,9+/m0/s1. The third-order valence-electron chi connectivity index (χ3n) is 2.66. The molecule has 16 heavy (non-hydrogen) atoms. The first kappa shape index (κ1) is 13.6. The van der Waals surface area contributed by atoms with Crippen LogP contribution in [0.1, 0.15) is 26.7 Å². The van der Waals surface area contributed by atoms with Crippen LogP contribution in [0.3, 0.4) is 0 Å². The second kappa shape index (κ2) is 5.27. The molecule has 0 aliphatic carbocycles. The van der Waals surface area contributed by atoms with Crippen LogP contribution in [-0.2, 0) is 9.36 Å². The number of carbonyl (C=O) groups is 1. The monoisotopic (exact) mass is 250 g/mol. The van der Waals surface area contributed by atoms with Gasteiger partial charge >= 0.3 is 7.60 Å². The Morgan fingerprint density at radius 3 is 2.50 bits per heavy atom. The van der Waals surface area contributed by atoms with Gasteiger partial charge in [0.25, 0.3) is 0 Å². The van der Waals surface area contributed by atoms with Gasteiger partial charge in [-0.15, -0.1) is 0 Å². The second-order valence-corrected chi connectivity index (χ2v) is 6.17. The lowest BCUT2D eigenvalue weighted by molar-refractivity contribution is -0.123. The highest BCUT2D eigenvalue weighted by molar-refractivity contribution is 7.52. The first-order chi connectivity index (χ1) is 7.32. The van der Waals surface area contributed by atoms with Gasteiger partial charge in [0, 0.05) is 0 Å². The topological polar surface area (TPSA) is 98.7 Å². The normalized spacial score (nSPS) is 23.4. The zero-order valence-corrected chi connectivity index (χ0v) is 10.4. The minimum absolute atomic E-state index is 0.300. The molecular formula is C9H19N2O4P. The van der Waals surface area contributed by atoms with E-state index in [2.05, 4.69) is 10.6 Å². The highest BCUT2D eigenvalue weighted by atomic mass is 31.2. The van der Waals surface area contributed by atoms with Gasteiger partial charge in [-0.2, -0.15) is 0 Å². The summed E-state index contributed by atoms with van der Waals surface area (Å²) < 4.78 is 11.2. The van der Waals surface area contributed by atoms with Crippen molar-refractivity contribution < 1.29 is 19.1 Å². The van der Waals surface area contributed by atoms with Crippen molar-refractivity contribution in [1.29, 1.82) is 0 Å². The van der Waals surface area contributed by atoms with E-state index in [0.717, 1.165) is 19.4 Å². The first-order valence-corrected chi connectivity index (χ1v) is 7.09. The van der Waals surface area contributed by atoms with Gasteiger partial charge in [0.1, 0.15) is 5.78 Å². The van der Waals surface area contributed by atoms with E-state index in [4.69, 9.17) is 9.79 Å². The van der Waals surface area contributed by atoms with E-state index >= 15 is 0 Å². The van der Waals surface area contributed by atoms with Crippen LogP contribution in [-0.4, -0.2) is 34.1 Å². The molecule has 1 amide bonds. The van der Waals surface area contributed by atoms with Crippen molar-refractivity contribution in [3.63, 3.8) is 0 Å². The summed E-state index contributed by atoms with van der Waals surface area (Å²) >= 11 is 0. The van der Waals surface area contributed by atoms with Gasteiger partial charge in [-0.05, 0) is 25.3 Å². The van der Waals surface area contributed by atoms with Crippen molar-refractivity contribution >= 4 is 13.5 Å². The summed E-state index contributed by atoms with van der Waals surface area (Å²) in [6.07, 6.45) is 1.64. The number of nitrogens with one attached hydrogen (secondary N) is 2. The Kier molecular flexibility index (Phi) is 4.50. The van der Waals surface area contributed by atoms with Crippen molar-refractivity contribution in [1.82, 2.24) is 10.6 Å². The fourth-order valence-corrected chi connectivity index (χ4v) is 2.87. The van der Waals surface area contributed by atoms with Crippen LogP contribution < -0.4 is 10.6 Å². The molecule has 1 rings (SSSR count). The predicted molar refractivity (Wildman–Crippen MR) is 59.8 cm³/mol. The Bertz CT molecular complexity index is 296. The third kappa shape index (κ3) is 3.56. The summed E-state index contributed by atoms with van der Waals surface area (Å²) in [5.74, 6) is -1.71. The van der Waals surface area contributed by atoms with Crippen LogP contribution in [0.15, 0.2) is 0 Å². The van der Waals surface area contributed by atoms with Crippen molar-refractivity contribution in [2.75, 3.05) is 6.54 Å². The van der Waals surface area contributed by atoms with Crippen LogP contribution in [0, 0.1) is 5.92 Å². The summed E-state index contributed by atoms with van der Waals surface area (Å²) in [6, 6.07) is -0.312. The zero-order valence-electron chi connectivity index (χ0n) is 9.51. The molecule has 0 aromatic heterocycles. The van der Waals surface area contributed by atoms with E-state index < -0.39 is 13.4 Å². The van der Waals surface area contributed by atoms with Gasteiger partial charge in [-0.25, -0.2) is 0 Å². The molecule has 1 aliphatic heterocycles. The van der Waals surface area contributed by atoms with Crippen molar-refractivity contribution in [2.24, 2.45) is 5.92 Å². The van der Waals surface area contributed by atoms with Gasteiger partial charge in [0.05, 0.1) is 6.04 Å². The quantitative estimate of drug-likeness (QED) is 0.527. The molecule has 1 heterocycles. The maximum atomic E-state index is 11.7. The Morgan fingerprint density at radius 2 is 2.12 bits per heavy atom. The molecule has 0 spiro atoms. The summed E-state index contributed by atoms with van der Waals surface area (Å²) in [6.45, 7) is 4.12. The van der Waals surface area contributed by atoms with E-state index in [-0.39, 0.29) is 17.9 Å². The van der Waals surface area contributed by atoms with E-state index in [1.54, 1.807) is 13.8 Å². The molecular weight excluding hydrogens is 231 g/mol. The minimum Gasteiger partial charge on any atom is -0.340 e. The molecule has 2 atom stereocenters. The largest absolute Gasteiger partial charge is 0.347 e. The predicted octanol–water partition coefficient (Wildman–Crippen LogP) is 0.0144. The molecule has 4 N–H and O–H groups in total. The zero-order chi connectivity index (χ0) is 12.3. The van der Waals surface area contributed by atoms with Gasteiger partial charge in [0.2, 0.25) is 5.91 Å². The van der Waals surface area contributed by atoms with E-state index in [1.807, 2.05) is 0 Å². The summed E-state index contributed by atoms with van der Waals surface area (Å²) in [4.78, 5) is 29.9. The van der Waals surface area contributed by atoms with Gasteiger partial charge < -0.3 is 20.4 Å². The molecule has 1 saturated heterocycles. The smallest absolute Gasteiger partial charge is 0.340 e. The van der Waals surface area contributed by atoms with Crippen LogP contribution >= 0.6 is 7.60 Å². The van der Waals surface area contributed by atoms with E-state index in [1.165, 1.54) is 0 Å². The second-order valence-electron chi connectivity index (χ2n) is 4.44. The van der Waals surface area contributed by atoms with Crippen molar-refractivity contribution in [3.8, 4) is 0 Å². The molecule has 0 aromatic rings. The fraction of sp³-hybridized carbons (Fsp3) is 0.889. The average Bonchev–Trinajstić information content (AvgIpc) is 2.63. The lowest BCUT2D eigenvalue weighted by Crippen LogP contribution is -2.46. The molecule has 0 saturated carbocycles. The maximum absolute atomic E-state index is 11.7. The molecule has 1 fully saturated rings. The summed E-state index contributed by atoms with van der Waals surface area (Å²) in [5.41, 5.74) is 0. The molecule has 1 aliphatic rings. The lowest BCUT2D eigenvalue weighted by Gasteiger charge is -2.24. The number of hydrogen-bond acceptors (Lipinski definition) is 3. The molecule has 0 aromatic carbocycles. The number of hydrogen-bond donors (Lipinski definition) is 4. The van der Waals surface area contributed by atoms with Crippen LogP contribution in [0.4, 0.5) is 0 Å².